The average Bonchev–Trinajstić information content (AvgIpc) is 4.04. The van der Waals surface area contributed by atoms with Crippen LogP contribution in [-0.2, 0) is 5.41 Å². The zero-order valence-electron chi connectivity index (χ0n) is 32.6. The third-order valence-corrected chi connectivity index (χ3v) is 12.9. The molecular weight excluding hydrogens is 729 g/mol. The van der Waals surface area contributed by atoms with Gasteiger partial charge in [0.15, 0.2) is 0 Å². The predicted octanol–water partition coefficient (Wildman–Crippen LogP) is 13.9. The Labute approximate surface area is 347 Å². The van der Waals surface area contributed by atoms with Crippen molar-refractivity contribution in [2.45, 2.75) is 5.41 Å². The van der Waals surface area contributed by atoms with E-state index in [4.69, 9.17) is 4.98 Å². The molecule has 11 aromatic rings. The SMILES string of the molecule is c1ccc(-c2ccc(N(c3ccc(-n4c5ccccc5c5ccccc54)cc3)c3cccc4c3-c3ccccc3C43c4ccccc4-n4c3nc3ccccc34)cc2)cc1. The summed E-state index contributed by atoms with van der Waals surface area (Å²) in [7, 11) is 0. The van der Waals surface area contributed by atoms with Crippen molar-refractivity contribution in [2.75, 3.05) is 4.90 Å². The molecule has 1 aliphatic carbocycles. The molecule has 0 fully saturated rings. The Kier molecular flexibility index (Phi) is 6.90. The second kappa shape index (κ2) is 12.5. The van der Waals surface area contributed by atoms with E-state index in [1.807, 2.05) is 0 Å². The summed E-state index contributed by atoms with van der Waals surface area (Å²) in [6, 6.07) is 79.5. The van der Waals surface area contributed by atoms with E-state index >= 15 is 0 Å². The van der Waals surface area contributed by atoms with Gasteiger partial charge in [-0.05, 0) is 106 Å². The van der Waals surface area contributed by atoms with Gasteiger partial charge in [-0.25, -0.2) is 4.98 Å². The monoisotopic (exact) mass is 764 g/mol. The first-order valence-corrected chi connectivity index (χ1v) is 20.6. The van der Waals surface area contributed by atoms with Gasteiger partial charge >= 0.3 is 0 Å². The first-order valence-electron chi connectivity index (χ1n) is 20.6. The Balaban J connectivity index is 1.05. The summed E-state index contributed by atoms with van der Waals surface area (Å²) in [5.74, 6) is 1.04. The Bertz CT molecular complexity index is 3430. The summed E-state index contributed by atoms with van der Waals surface area (Å²) < 4.78 is 4.79. The highest BCUT2D eigenvalue weighted by atomic mass is 15.2. The summed E-state index contributed by atoms with van der Waals surface area (Å²) in [5, 5.41) is 2.51. The third-order valence-electron chi connectivity index (χ3n) is 12.9. The number of hydrogen-bond acceptors (Lipinski definition) is 2. The number of anilines is 3. The minimum Gasteiger partial charge on any atom is -0.310 e. The van der Waals surface area contributed by atoms with Crippen molar-refractivity contribution in [3.63, 3.8) is 0 Å². The second-order valence-electron chi connectivity index (χ2n) is 15.9. The Hall–Kier alpha value is -7.95. The molecule has 13 rings (SSSR count). The van der Waals surface area contributed by atoms with Crippen molar-refractivity contribution in [3.8, 4) is 33.6 Å². The van der Waals surface area contributed by atoms with Gasteiger partial charge in [-0.2, -0.15) is 0 Å². The van der Waals surface area contributed by atoms with Gasteiger partial charge in [-0.15, -0.1) is 0 Å². The number of benzene rings is 9. The quantitative estimate of drug-likeness (QED) is 0.174. The van der Waals surface area contributed by atoms with Crippen molar-refractivity contribution < 1.29 is 0 Å². The van der Waals surface area contributed by atoms with Crippen molar-refractivity contribution in [1.29, 1.82) is 0 Å². The summed E-state index contributed by atoms with van der Waals surface area (Å²) in [6.45, 7) is 0. The number of imidazole rings is 1. The van der Waals surface area contributed by atoms with Crippen molar-refractivity contribution in [1.82, 2.24) is 14.1 Å². The molecule has 0 saturated heterocycles. The smallest absolute Gasteiger partial charge is 0.134 e. The number of para-hydroxylation sites is 5. The molecule has 4 nitrogen and oxygen atoms in total. The Morgan fingerprint density at radius 1 is 0.400 bits per heavy atom. The maximum absolute atomic E-state index is 5.49. The van der Waals surface area contributed by atoms with E-state index in [-0.39, 0.29) is 0 Å². The lowest BCUT2D eigenvalue weighted by Crippen LogP contribution is -2.27. The molecule has 0 radical (unpaired) electrons. The van der Waals surface area contributed by atoms with Crippen molar-refractivity contribution >= 4 is 49.9 Å². The van der Waals surface area contributed by atoms with Gasteiger partial charge in [0.2, 0.25) is 0 Å². The highest BCUT2D eigenvalue weighted by molar-refractivity contribution is 6.09. The summed E-state index contributed by atoms with van der Waals surface area (Å²) in [4.78, 5) is 7.94. The molecular formula is C56H36N4. The van der Waals surface area contributed by atoms with Crippen LogP contribution in [0.4, 0.5) is 17.1 Å². The van der Waals surface area contributed by atoms with E-state index in [1.54, 1.807) is 0 Å². The molecule has 1 spiro atoms. The molecule has 280 valence electrons. The maximum Gasteiger partial charge on any atom is 0.134 e. The molecule has 60 heavy (non-hydrogen) atoms. The fourth-order valence-electron chi connectivity index (χ4n) is 10.5. The maximum atomic E-state index is 5.49. The van der Waals surface area contributed by atoms with Crippen LogP contribution in [0.2, 0.25) is 0 Å². The molecule has 1 unspecified atom stereocenters. The van der Waals surface area contributed by atoms with Crippen LogP contribution in [0.25, 0.3) is 66.5 Å². The normalized spacial score (nSPS) is 14.7. The molecule has 0 saturated carbocycles. The van der Waals surface area contributed by atoms with Gasteiger partial charge in [-0.1, -0.05) is 146 Å². The van der Waals surface area contributed by atoms with Gasteiger partial charge in [0.25, 0.3) is 0 Å². The van der Waals surface area contributed by atoms with Gasteiger partial charge < -0.3 is 9.47 Å². The topological polar surface area (TPSA) is 26.0 Å². The molecule has 0 amide bonds. The van der Waals surface area contributed by atoms with Gasteiger partial charge in [0.05, 0.1) is 33.4 Å². The van der Waals surface area contributed by atoms with Crippen molar-refractivity contribution in [2.24, 2.45) is 0 Å². The highest BCUT2D eigenvalue weighted by Crippen LogP contribution is 2.62. The van der Waals surface area contributed by atoms with E-state index in [0.717, 1.165) is 39.6 Å². The van der Waals surface area contributed by atoms with Crippen LogP contribution < -0.4 is 4.90 Å². The van der Waals surface area contributed by atoms with Crippen LogP contribution in [0.5, 0.6) is 0 Å². The van der Waals surface area contributed by atoms with Crippen LogP contribution in [0, 0.1) is 0 Å². The molecule has 4 heteroatoms. The van der Waals surface area contributed by atoms with Crippen LogP contribution >= 0.6 is 0 Å². The number of rotatable bonds is 5. The van der Waals surface area contributed by atoms with Gasteiger partial charge in [0.1, 0.15) is 11.2 Å². The fraction of sp³-hybridized carbons (Fsp3) is 0.0179. The summed E-state index contributed by atoms with van der Waals surface area (Å²) in [6.07, 6.45) is 0. The van der Waals surface area contributed by atoms with E-state index in [0.29, 0.717) is 0 Å². The van der Waals surface area contributed by atoms with Crippen molar-refractivity contribution in [3.05, 3.63) is 241 Å². The minimum atomic E-state index is -0.596. The van der Waals surface area contributed by atoms with Gasteiger partial charge in [-0.3, -0.25) is 4.57 Å². The Morgan fingerprint density at radius 2 is 0.967 bits per heavy atom. The number of fused-ring (bicyclic) bond motifs is 15. The molecule has 0 bridgehead atoms. The average molecular weight is 765 g/mol. The molecule has 2 aromatic heterocycles. The molecule has 9 aromatic carbocycles. The van der Waals surface area contributed by atoms with E-state index in [2.05, 4.69) is 232 Å². The van der Waals surface area contributed by atoms with Crippen LogP contribution in [0.3, 0.4) is 0 Å². The first kappa shape index (κ1) is 33.1. The minimum absolute atomic E-state index is 0.596. The fourth-order valence-corrected chi connectivity index (χ4v) is 10.5. The zero-order valence-corrected chi connectivity index (χ0v) is 32.6. The second-order valence-corrected chi connectivity index (χ2v) is 15.9. The molecule has 1 aliphatic heterocycles. The zero-order chi connectivity index (χ0) is 39.4. The lowest BCUT2D eigenvalue weighted by Gasteiger charge is -2.30. The van der Waals surface area contributed by atoms with E-state index in [9.17, 15) is 0 Å². The standard InChI is InChI=1S/C56H36N4/c1-2-15-37(16-3-1)38-29-31-39(32-30-38)58(40-33-35-41(36-34-40)59-49-24-10-5-17-42(49)43-18-6-11-25-50(43)59)53-28-14-22-47-54(53)44-19-4-7-20-45(44)56(47)46-21-8-12-26-51(46)60-52-27-13-9-23-48(52)57-55(56)60/h1-36H. The summed E-state index contributed by atoms with van der Waals surface area (Å²) >= 11 is 0. The highest BCUT2D eigenvalue weighted by Gasteiger charge is 2.55. The molecule has 1 atom stereocenters. The molecule has 3 heterocycles. The van der Waals surface area contributed by atoms with Crippen LogP contribution in [-0.4, -0.2) is 14.1 Å². The van der Waals surface area contributed by atoms with E-state index in [1.165, 1.54) is 66.4 Å². The van der Waals surface area contributed by atoms with Gasteiger partial charge in [0, 0.05) is 33.4 Å². The number of hydrogen-bond donors (Lipinski definition) is 0. The Morgan fingerprint density at radius 3 is 1.72 bits per heavy atom. The molecule has 2 aliphatic rings. The predicted molar refractivity (Wildman–Crippen MR) is 246 cm³/mol. The largest absolute Gasteiger partial charge is 0.310 e. The van der Waals surface area contributed by atoms with Crippen LogP contribution in [0.15, 0.2) is 218 Å². The third kappa shape index (κ3) is 4.42. The number of nitrogens with zero attached hydrogens (tertiary/aromatic N) is 4. The van der Waals surface area contributed by atoms with Crippen LogP contribution in [0.1, 0.15) is 22.5 Å². The van der Waals surface area contributed by atoms with E-state index < -0.39 is 5.41 Å². The first-order chi connectivity index (χ1) is 29.8. The lowest BCUT2D eigenvalue weighted by molar-refractivity contribution is 0.738. The lowest BCUT2D eigenvalue weighted by atomic mass is 9.73. The molecule has 0 N–H and O–H groups in total. The number of aromatic nitrogens is 3. The summed E-state index contributed by atoms with van der Waals surface area (Å²) in [5.41, 5.74) is 18.1.